The molecular weight excluding hydrogens is 248 g/mol. The van der Waals surface area contributed by atoms with Crippen molar-refractivity contribution >= 4 is 0 Å². The molecule has 1 aromatic carbocycles. The molecule has 2 rings (SSSR count). The molecule has 0 aromatic heterocycles. The lowest BCUT2D eigenvalue weighted by Gasteiger charge is -2.41. The van der Waals surface area contributed by atoms with E-state index in [4.69, 9.17) is 10.5 Å². The summed E-state index contributed by atoms with van der Waals surface area (Å²) in [4.78, 5) is 2.54. The molecule has 3 nitrogen and oxygen atoms in total. The van der Waals surface area contributed by atoms with Gasteiger partial charge in [0, 0.05) is 18.2 Å². The van der Waals surface area contributed by atoms with E-state index in [1.54, 1.807) is 0 Å². The van der Waals surface area contributed by atoms with Gasteiger partial charge >= 0.3 is 0 Å². The Bertz CT molecular complexity index is 419. The summed E-state index contributed by atoms with van der Waals surface area (Å²) >= 11 is 0. The van der Waals surface area contributed by atoms with Gasteiger partial charge < -0.3 is 10.5 Å². The lowest BCUT2D eigenvalue weighted by atomic mass is 9.89. The van der Waals surface area contributed by atoms with Gasteiger partial charge in [0.15, 0.2) is 0 Å². The third-order valence-corrected chi connectivity index (χ3v) is 3.92. The Morgan fingerprint density at radius 1 is 1.35 bits per heavy atom. The van der Waals surface area contributed by atoms with Gasteiger partial charge in [-0.3, -0.25) is 4.90 Å². The van der Waals surface area contributed by atoms with Crippen LogP contribution in [0.3, 0.4) is 0 Å². The van der Waals surface area contributed by atoms with Gasteiger partial charge in [-0.15, -0.1) is 0 Å². The predicted molar refractivity (Wildman–Crippen MR) is 84.0 cm³/mol. The summed E-state index contributed by atoms with van der Waals surface area (Å²) < 4.78 is 5.81. The topological polar surface area (TPSA) is 38.5 Å². The third-order valence-electron chi connectivity index (χ3n) is 3.92. The molecule has 0 bridgehead atoms. The molecule has 0 aliphatic carbocycles. The highest BCUT2D eigenvalue weighted by Crippen LogP contribution is 2.35. The first kappa shape index (κ1) is 15.3. The van der Waals surface area contributed by atoms with Gasteiger partial charge in [0.05, 0.1) is 12.6 Å². The molecule has 0 spiro atoms. The maximum atomic E-state index is 6.44. The normalized spacial score (nSPS) is 24.1. The minimum atomic E-state index is 0.198. The van der Waals surface area contributed by atoms with E-state index in [0.29, 0.717) is 12.5 Å². The van der Waals surface area contributed by atoms with E-state index in [2.05, 4.69) is 36.9 Å². The molecule has 1 fully saturated rings. The van der Waals surface area contributed by atoms with Crippen LogP contribution in [0.4, 0.5) is 0 Å². The fourth-order valence-corrected chi connectivity index (χ4v) is 3.21. The van der Waals surface area contributed by atoms with Crippen molar-refractivity contribution in [1.82, 2.24) is 4.90 Å². The molecule has 2 unspecified atom stereocenters. The number of benzene rings is 1. The zero-order valence-corrected chi connectivity index (χ0v) is 13.0. The highest BCUT2D eigenvalue weighted by molar-refractivity contribution is 5.37. The SMILES string of the molecule is CCOc1ccccc1C1C(N)CCCN1CC(C)C. The van der Waals surface area contributed by atoms with Gasteiger partial charge in [-0.2, -0.15) is 0 Å². The Hall–Kier alpha value is -1.06. The molecule has 20 heavy (non-hydrogen) atoms. The third kappa shape index (κ3) is 3.53. The fourth-order valence-electron chi connectivity index (χ4n) is 3.21. The fraction of sp³-hybridized carbons (Fsp3) is 0.647. The summed E-state index contributed by atoms with van der Waals surface area (Å²) in [6, 6.07) is 8.85. The zero-order valence-electron chi connectivity index (χ0n) is 13.0. The number of hydrogen-bond acceptors (Lipinski definition) is 3. The van der Waals surface area contributed by atoms with E-state index < -0.39 is 0 Å². The Morgan fingerprint density at radius 3 is 2.80 bits per heavy atom. The van der Waals surface area contributed by atoms with Gasteiger partial charge in [0.2, 0.25) is 0 Å². The molecule has 1 heterocycles. The molecule has 1 aliphatic rings. The minimum absolute atomic E-state index is 0.198. The van der Waals surface area contributed by atoms with Crippen molar-refractivity contribution in [3.05, 3.63) is 29.8 Å². The summed E-state index contributed by atoms with van der Waals surface area (Å²) in [7, 11) is 0. The molecule has 1 aliphatic heterocycles. The van der Waals surface area contributed by atoms with E-state index in [0.717, 1.165) is 25.3 Å². The van der Waals surface area contributed by atoms with E-state index in [1.807, 2.05) is 13.0 Å². The highest BCUT2D eigenvalue weighted by atomic mass is 16.5. The van der Waals surface area contributed by atoms with Crippen LogP contribution in [0, 0.1) is 5.92 Å². The Labute approximate surface area is 123 Å². The van der Waals surface area contributed by atoms with Gasteiger partial charge in [0.1, 0.15) is 5.75 Å². The quantitative estimate of drug-likeness (QED) is 0.897. The average molecular weight is 276 g/mol. The standard InChI is InChI=1S/C17H28N2O/c1-4-20-16-10-6-5-8-14(16)17-15(18)9-7-11-19(17)12-13(2)3/h5-6,8,10,13,15,17H,4,7,9,11-12,18H2,1-3H3. The zero-order chi connectivity index (χ0) is 14.5. The smallest absolute Gasteiger partial charge is 0.124 e. The second-order valence-electron chi connectivity index (χ2n) is 6.11. The lowest BCUT2D eigenvalue weighted by Crippen LogP contribution is -2.47. The van der Waals surface area contributed by atoms with Gasteiger partial charge in [-0.05, 0) is 38.3 Å². The van der Waals surface area contributed by atoms with E-state index >= 15 is 0 Å². The van der Waals surface area contributed by atoms with Crippen LogP contribution in [0.5, 0.6) is 5.75 Å². The molecule has 3 heteroatoms. The molecule has 0 saturated carbocycles. The van der Waals surface area contributed by atoms with Crippen LogP contribution < -0.4 is 10.5 Å². The summed E-state index contributed by atoms with van der Waals surface area (Å²) in [5, 5.41) is 0. The number of hydrogen-bond donors (Lipinski definition) is 1. The molecule has 0 amide bonds. The van der Waals surface area contributed by atoms with Gasteiger partial charge in [-0.1, -0.05) is 32.0 Å². The van der Waals surface area contributed by atoms with E-state index in [-0.39, 0.29) is 12.1 Å². The van der Waals surface area contributed by atoms with Crippen molar-refractivity contribution in [2.75, 3.05) is 19.7 Å². The first-order valence-corrected chi connectivity index (χ1v) is 7.84. The maximum Gasteiger partial charge on any atom is 0.124 e. The highest BCUT2D eigenvalue weighted by Gasteiger charge is 2.32. The van der Waals surface area contributed by atoms with Crippen LogP contribution in [-0.4, -0.2) is 30.6 Å². The number of nitrogens with two attached hydrogens (primary N) is 1. The van der Waals surface area contributed by atoms with Crippen LogP contribution in [-0.2, 0) is 0 Å². The Balaban J connectivity index is 2.29. The number of likely N-dealkylation sites (tertiary alicyclic amines) is 1. The van der Waals surface area contributed by atoms with Crippen LogP contribution >= 0.6 is 0 Å². The summed E-state index contributed by atoms with van der Waals surface area (Å²) in [6.07, 6.45) is 2.29. The summed E-state index contributed by atoms with van der Waals surface area (Å²) in [5.41, 5.74) is 7.70. The Kier molecular flexibility index (Phi) is 5.44. The first-order valence-electron chi connectivity index (χ1n) is 7.84. The molecular formula is C17H28N2O. The Morgan fingerprint density at radius 2 is 2.10 bits per heavy atom. The lowest BCUT2D eigenvalue weighted by molar-refractivity contribution is 0.111. The monoisotopic (exact) mass is 276 g/mol. The van der Waals surface area contributed by atoms with Crippen molar-refractivity contribution in [3.63, 3.8) is 0 Å². The first-order chi connectivity index (χ1) is 9.63. The number of nitrogens with zero attached hydrogens (tertiary/aromatic N) is 1. The summed E-state index contributed by atoms with van der Waals surface area (Å²) in [6.45, 7) is 9.50. The second-order valence-corrected chi connectivity index (χ2v) is 6.11. The van der Waals surface area contributed by atoms with E-state index in [9.17, 15) is 0 Å². The maximum absolute atomic E-state index is 6.44. The number of piperidine rings is 1. The molecule has 0 radical (unpaired) electrons. The van der Waals surface area contributed by atoms with Crippen molar-refractivity contribution < 1.29 is 4.74 Å². The molecule has 1 saturated heterocycles. The van der Waals surface area contributed by atoms with Crippen LogP contribution in [0.2, 0.25) is 0 Å². The number of rotatable bonds is 5. The molecule has 1 aromatic rings. The molecule has 2 atom stereocenters. The largest absolute Gasteiger partial charge is 0.494 e. The number of ether oxygens (including phenoxy) is 1. The predicted octanol–water partition coefficient (Wildman–Crippen LogP) is 3.21. The minimum Gasteiger partial charge on any atom is -0.494 e. The second kappa shape index (κ2) is 7.09. The van der Waals surface area contributed by atoms with Crippen molar-refractivity contribution in [2.24, 2.45) is 11.7 Å². The average Bonchev–Trinajstić information content (AvgIpc) is 2.40. The van der Waals surface area contributed by atoms with Crippen molar-refractivity contribution in [1.29, 1.82) is 0 Å². The molecule has 112 valence electrons. The van der Waals surface area contributed by atoms with Gasteiger partial charge in [0.25, 0.3) is 0 Å². The van der Waals surface area contributed by atoms with Crippen LogP contribution in [0.15, 0.2) is 24.3 Å². The van der Waals surface area contributed by atoms with Crippen molar-refractivity contribution in [3.8, 4) is 5.75 Å². The van der Waals surface area contributed by atoms with Gasteiger partial charge in [-0.25, -0.2) is 0 Å². The van der Waals surface area contributed by atoms with Crippen molar-refractivity contribution in [2.45, 2.75) is 45.7 Å². The van der Waals surface area contributed by atoms with Crippen LogP contribution in [0.1, 0.15) is 45.2 Å². The van der Waals surface area contributed by atoms with E-state index in [1.165, 1.54) is 12.0 Å². The molecule has 2 N–H and O–H groups in total. The number of para-hydroxylation sites is 1. The van der Waals surface area contributed by atoms with Crippen LogP contribution in [0.25, 0.3) is 0 Å². The summed E-state index contributed by atoms with van der Waals surface area (Å²) in [5.74, 6) is 1.65.